The van der Waals surface area contributed by atoms with Crippen molar-refractivity contribution in [3.05, 3.63) is 0 Å². The smallest absolute Gasteiger partial charge is 0.107 e. The molecule has 23 heavy (non-hydrogen) atoms. The summed E-state index contributed by atoms with van der Waals surface area (Å²) in [5, 5.41) is 3.95. The summed E-state index contributed by atoms with van der Waals surface area (Å²) in [6.07, 6.45) is 20.4. The molecule has 3 aliphatic rings. The van der Waals surface area contributed by atoms with Crippen molar-refractivity contribution in [1.82, 2.24) is 10.2 Å². The molecule has 3 rings (SSSR count). The summed E-state index contributed by atoms with van der Waals surface area (Å²) in [6, 6.07) is 2.37. The predicted molar refractivity (Wildman–Crippen MR) is 95.4 cm³/mol. The Morgan fingerprint density at radius 1 is 0.870 bits per heavy atom. The highest BCUT2D eigenvalue weighted by Crippen LogP contribution is 2.28. The van der Waals surface area contributed by atoms with Crippen LogP contribution in [0, 0.1) is 12.3 Å². The lowest BCUT2D eigenvalue weighted by atomic mass is 9.89. The maximum atomic E-state index is 5.70. The summed E-state index contributed by atoms with van der Waals surface area (Å²) in [6.45, 7) is 3.05. The predicted octanol–water partition coefficient (Wildman–Crippen LogP) is 3.33. The Kier molecular flexibility index (Phi) is 6.80. The van der Waals surface area contributed by atoms with E-state index >= 15 is 0 Å². The quantitative estimate of drug-likeness (QED) is 0.787. The van der Waals surface area contributed by atoms with Crippen LogP contribution in [0.1, 0.15) is 70.6 Å². The van der Waals surface area contributed by atoms with E-state index in [2.05, 4.69) is 16.1 Å². The molecule has 3 fully saturated rings. The molecule has 1 saturated heterocycles. The van der Waals surface area contributed by atoms with Crippen LogP contribution < -0.4 is 5.32 Å². The zero-order valence-electron chi connectivity index (χ0n) is 14.6. The van der Waals surface area contributed by atoms with Gasteiger partial charge in [0.25, 0.3) is 0 Å². The van der Waals surface area contributed by atoms with Crippen molar-refractivity contribution < 1.29 is 4.74 Å². The SMILES string of the molecule is C#CCOC1CCC(N2CCC(NC3CCCCC3)CC2)CC1. The Morgan fingerprint density at radius 2 is 1.52 bits per heavy atom. The molecule has 2 saturated carbocycles. The number of rotatable bonds is 5. The van der Waals surface area contributed by atoms with Gasteiger partial charge in [0.1, 0.15) is 6.61 Å². The van der Waals surface area contributed by atoms with Crippen LogP contribution in [-0.2, 0) is 4.74 Å². The first-order valence-corrected chi connectivity index (χ1v) is 9.90. The average Bonchev–Trinajstić information content (AvgIpc) is 2.62. The molecule has 0 aromatic heterocycles. The van der Waals surface area contributed by atoms with E-state index in [1.807, 2.05) is 0 Å². The molecule has 0 radical (unpaired) electrons. The molecule has 0 unspecified atom stereocenters. The largest absolute Gasteiger partial charge is 0.366 e. The van der Waals surface area contributed by atoms with Crippen molar-refractivity contribution in [2.24, 2.45) is 0 Å². The van der Waals surface area contributed by atoms with Gasteiger partial charge in [-0.05, 0) is 64.5 Å². The highest BCUT2D eigenvalue weighted by atomic mass is 16.5. The second-order valence-electron chi connectivity index (χ2n) is 7.76. The van der Waals surface area contributed by atoms with E-state index in [-0.39, 0.29) is 0 Å². The lowest BCUT2D eigenvalue weighted by Gasteiger charge is -2.41. The van der Waals surface area contributed by atoms with Gasteiger partial charge in [-0.1, -0.05) is 25.2 Å². The van der Waals surface area contributed by atoms with E-state index in [4.69, 9.17) is 11.2 Å². The fraction of sp³-hybridized carbons (Fsp3) is 0.900. The molecular weight excluding hydrogens is 284 g/mol. The molecule has 3 nitrogen and oxygen atoms in total. The van der Waals surface area contributed by atoms with Crippen molar-refractivity contribution in [3.8, 4) is 12.3 Å². The van der Waals surface area contributed by atoms with E-state index in [1.54, 1.807) is 0 Å². The van der Waals surface area contributed by atoms with Crippen LogP contribution in [0.25, 0.3) is 0 Å². The number of terminal acetylenes is 1. The first-order chi connectivity index (χ1) is 11.3. The number of piperidine rings is 1. The van der Waals surface area contributed by atoms with Crippen LogP contribution >= 0.6 is 0 Å². The van der Waals surface area contributed by atoms with Crippen molar-refractivity contribution >= 4 is 0 Å². The molecule has 1 N–H and O–H groups in total. The van der Waals surface area contributed by atoms with Gasteiger partial charge in [0.05, 0.1) is 6.10 Å². The second-order valence-corrected chi connectivity index (χ2v) is 7.76. The van der Waals surface area contributed by atoms with Crippen LogP contribution in [0.15, 0.2) is 0 Å². The number of ether oxygens (including phenoxy) is 1. The zero-order valence-corrected chi connectivity index (χ0v) is 14.6. The van der Waals surface area contributed by atoms with E-state index in [0.717, 1.165) is 18.1 Å². The summed E-state index contributed by atoms with van der Waals surface area (Å²) < 4.78 is 5.70. The first-order valence-electron chi connectivity index (χ1n) is 9.90. The molecule has 0 amide bonds. The van der Waals surface area contributed by atoms with Crippen LogP contribution in [0.4, 0.5) is 0 Å². The van der Waals surface area contributed by atoms with Gasteiger partial charge < -0.3 is 15.0 Å². The van der Waals surface area contributed by atoms with Crippen molar-refractivity contribution in [2.75, 3.05) is 19.7 Å². The molecule has 2 aliphatic carbocycles. The van der Waals surface area contributed by atoms with Gasteiger partial charge in [0.15, 0.2) is 0 Å². The fourth-order valence-electron chi connectivity index (χ4n) is 4.78. The highest BCUT2D eigenvalue weighted by molar-refractivity contribution is 4.88. The molecule has 0 aromatic rings. The first kappa shape index (κ1) is 17.3. The number of nitrogens with one attached hydrogen (secondary N) is 1. The number of likely N-dealkylation sites (tertiary alicyclic amines) is 1. The molecule has 0 aromatic carbocycles. The van der Waals surface area contributed by atoms with Crippen molar-refractivity contribution in [3.63, 3.8) is 0 Å². The Labute approximate surface area is 142 Å². The Hall–Kier alpha value is -0.560. The van der Waals surface area contributed by atoms with E-state index in [0.29, 0.717) is 12.7 Å². The summed E-state index contributed by atoms with van der Waals surface area (Å²) in [7, 11) is 0. The molecule has 0 spiro atoms. The number of hydrogen-bond donors (Lipinski definition) is 1. The maximum absolute atomic E-state index is 5.70. The summed E-state index contributed by atoms with van der Waals surface area (Å²) in [5.74, 6) is 2.59. The Bertz CT molecular complexity index is 370. The zero-order chi connectivity index (χ0) is 15.9. The van der Waals surface area contributed by atoms with E-state index in [9.17, 15) is 0 Å². The lowest BCUT2D eigenvalue weighted by Crippen LogP contribution is -2.50. The minimum absolute atomic E-state index is 0.410. The number of hydrogen-bond acceptors (Lipinski definition) is 3. The molecule has 130 valence electrons. The maximum Gasteiger partial charge on any atom is 0.107 e. The Balaban J connectivity index is 1.34. The van der Waals surface area contributed by atoms with Crippen LogP contribution in [0.2, 0.25) is 0 Å². The Morgan fingerprint density at radius 3 is 2.17 bits per heavy atom. The van der Waals surface area contributed by atoms with E-state index < -0.39 is 0 Å². The number of nitrogens with zero attached hydrogens (tertiary/aromatic N) is 1. The van der Waals surface area contributed by atoms with Gasteiger partial charge in [0, 0.05) is 18.1 Å². The van der Waals surface area contributed by atoms with Gasteiger partial charge in [-0.25, -0.2) is 0 Å². The topological polar surface area (TPSA) is 24.5 Å². The van der Waals surface area contributed by atoms with Crippen LogP contribution in [0.5, 0.6) is 0 Å². The van der Waals surface area contributed by atoms with Gasteiger partial charge in [-0.3, -0.25) is 0 Å². The normalized spacial score (nSPS) is 31.8. The molecule has 3 heteroatoms. The fourth-order valence-corrected chi connectivity index (χ4v) is 4.78. The molecule has 0 bridgehead atoms. The second kappa shape index (κ2) is 9.06. The van der Waals surface area contributed by atoms with E-state index in [1.165, 1.54) is 83.7 Å². The monoisotopic (exact) mass is 318 g/mol. The van der Waals surface area contributed by atoms with Crippen molar-refractivity contribution in [1.29, 1.82) is 0 Å². The standard InChI is InChI=1S/C20H34N2O/c1-2-16-23-20-10-8-19(9-11-20)22-14-12-18(13-15-22)21-17-6-4-3-5-7-17/h1,17-21H,3-16H2. The highest BCUT2D eigenvalue weighted by Gasteiger charge is 2.29. The third-order valence-electron chi connectivity index (χ3n) is 6.17. The molecule has 1 aliphatic heterocycles. The van der Waals surface area contributed by atoms with Gasteiger partial charge >= 0.3 is 0 Å². The third kappa shape index (κ3) is 5.21. The minimum atomic E-state index is 0.410. The van der Waals surface area contributed by atoms with Crippen LogP contribution in [-0.4, -0.2) is 48.8 Å². The van der Waals surface area contributed by atoms with Gasteiger partial charge in [-0.15, -0.1) is 6.42 Å². The summed E-state index contributed by atoms with van der Waals surface area (Å²) >= 11 is 0. The third-order valence-corrected chi connectivity index (χ3v) is 6.17. The minimum Gasteiger partial charge on any atom is -0.366 e. The van der Waals surface area contributed by atoms with Gasteiger partial charge in [0.2, 0.25) is 0 Å². The summed E-state index contributed by atoms with van der Waals surface area (Å²) in [4.78, 5) is 2.75. The summed E-state index contributed by atoms with van der Waals surface area (Å²) in [5.41, 5.74) is 0. The average molecular weight is 319 g/mol. The molecule has 1 heterocycles. The van der Waals surface area contributed by atoms with Crippen LogP contribution in [0.3, 0.4) is 0 Å². The van der Waals surface area contributed by atoms with Gasteiger partial charge in [-0.2, -0.15) is 0 Å². The molecular formula is C20H34N2O. The molecule has 0 atom stereocenters. The lowest BCUT2D eigenvalue weighted by molar-refractivity contribution is 0.0172. The van der Waals surface area contributed by atoms with Crippen molar-refractivity contribution in [2.45, 2.75) is 94.9 Å².